The average molecular weight is 229 g/mol. The van der Waals surface area contributed by atoms with Crippen LogP contribution < -0.4 is 5.32 Å². The normalized spacial score (nSPS) is 20.9. The van der Waals surface area contributed by atoms with Crippen LogP contribution in [0.3, 0.4) is 0 Å². The van der Waals surface area contributed by atoms with E-state index in [-0.39, 0.29) is 0 Å². The van der Waals surface area contributed by atoms with Gasteiger partial charge in [0.15, 0.2) is 0 Å². The minimum atomic E-state index is 0.413. The van der Waals surface area contributed by atoms with E-state index in [1.807, 2.05) is 0 Å². The summed E-state index contributed by atoms with van der Waals surface area (Å²) in [5, 5.41) is 3.54. The van der Waals surface area contributed by atoms with Crippen LogP contribution in [-0.4, -0.2) is 16.5 Å². The minimum Gasteiger partial charge on any atom is -0.341 e. The van der Waals surface area contributed by atoms with Gasteiger partial charge in [0.25, 0.3) is 0 Å². The Morgan fingerprint density at radius 2 is 2.12 bits per heavy atom. The van der Waals surface area contributed by atoms with E-state index in [1.54, 1.807) is 0 Å². The Labute approximate surface area is 102 Å². The van der Waals surface area contributed by atoms with Gasteiger partial charge in [-0.25, -0.2) is 4.98 Å². The number of aromatic amines is 1. The lowest BCUT2D eigenvalue weighted by Gasteiger charge is -2.21. The van der Waals surface area contributed by atoms with Crippen LogP contribution in [0.5, 0.6) is 0 Å². The van der Waals surface area contributed by atoms with Crippen molar-refractivity contribution >= 4 is 11.0 Å². The fraction of sp³-hybridized carbons (Fsp3) is 0.500. The van der Waals surface area contributed by atoms with Crippen molar-refractivity contribution in [2.45, 2.75) is 39.2 Å². The summed E-state index contributed by atoms with van der Waals surface area (Å²) in [5.74, 6) is 1.11. The van der Waals surface area contributed by atoms with E-state index in [1.165, 1.54) is 30.4 Å². The second-order valence-corrected chi connectivity index (χ2v) is 5.03. The van der Waals surface area contributed by atoms with Crippen molar-refractivity contribution in [2.75, 3.05) is 6.54 Å². The third-order valence-electron chi connectivity index (χ3n) is 3.84. The van der Waals surface area contributed by atoms with Crippen LogP contribution in [0, 0.1) is 13.8 Å². The van der Waals surface area contributed by atoms with Crippen LogP contribution in [0.1, 0.15) is 42.3 Å². The maximum atomic E-state index is 4.78. The van der Waals surface area contributed by atoms with E-state index in [0.29, 0.717) is 6.04 Å². The van der Waals surface area contributed by atoms with E-state index in [0.717, 1.165) is 23.4 Å². The van der Waals surface area contributed by atoms with E-state index >= 15 is 0 Å². The highest BCUT2D eigenvalue weighted by molar-refractivity contribution is 5.79. The van der Waals surface area contributed by atoms with Gasteiger partial charge in [-0.1, -0.05) is 12.5 Å². The first-order valence-electron chi connectivity index (χ1n) is 6.45. The summed E-state index contributed by atoms with van der Waals surface area (Å²) >= 11 is 0. The average Bonchev–Trinajstić information content (AvgIpc) is 2.80. The van der Waals surface area contributed by atoms with E-state index < -0.39 is 0 Å². The summed E-state index contributed by atoms with van der Waals surface area (Å²) < 4.78 is 0. The molecule has 2 N–H and O–H groups in total. The van der Waals surface area contributed by atoms with Crippen LogP contribution in [0.4, 0.5) is 0 Å². The van der Waals surface area contributed by atoms with Gasteiger partial charge in [0, 0.05) is 0 Å². The lowest BCUT2D eigenvalue weighted by Crippen LogP contribution is -2.27. The van der Waals surface area contributed by atoms with Crippen LogP contribution in [0.15, 0.2) is 12.1 Å². The predicted octanol–water partition coefficient (Wildman–Crippen LogP) is 2.99. The summed E-state index contributed by atoms with van der Waals surface area (Å²) in [7, 11) is 0. The molecule has 0 amide bonds. The van der Waals surface area contributed by atoms with Gasteiger partial charge in [0.1, 0.15) is 5.82 Å². The monoisotopic (exact) mass is 229 g/mol. The van der Waals surface area contributed by atoms with Crippen molar-refractivity contribution < 1.29 is 0 Å². The van der Waals surface area contributed by atoms with Gasteiger partial charge >= 0.3 is 0 Å². The highest BCUT2D eigenvalue weighted by Crippen LogP contribution is 2.25. The van der Waals surface area contributed by atoms with Gasteiger partial charge in [-0.15, -0.1) is 0 Å². The van der Waals surface area contributed by atoms with Gasteiger partial charge < -0.3 is 10.3 Å². The topological polar surface area (TPSA) is 40.7 Å². The fourth-order valence-electron chi connectivity index (χ4n) is 2.58. The van der Waals surface area contributed by atoms with E-state index in [9.17, 15) is 0 Å². The Kier molecular flexibility index (Phi) is 2.63. The Bertz CT molecular complexity index is 536. The molecule has 1 aromatic carbocycles. The number of piperidine rings is 1. The van der Waals surface area contributed by atoms with Crippen LogP contribution in [0.25, 0.3) is 11.0 Å². The lowest BCUT2D eigenvalue weighted by molar-refractivity contribution is 0.400. The molecule has 17 heavy (non-hydrogen) atoms. The van der Waals surface area contributed by atoms with Gasteiger partial charge in [0.2, 0.25) is 0 Å². The molecule has 1 unspecified atom stereocenters. The van der Waals surface area contributed by atoms with Crippen molar-refractivity contribution in [2.24, 2.45) is 0 Å². The maximum Gasteiger partial charge on any atom is 0.124 e. The molecule has 1 fully saturated rings. The zero-order valence-electron chi connectivity index (χ0n) is 10.5. The number of hydrogen-bond donors (Lipinski definition) is 2. The highest BCUT2D eigenvalue weighted by Gasteiger charge is 2.18. The smallest absolute Gasteiger partial charge is 0.124 e. The summed E-state index contributed by atoms with van der Waals surface area (Å²) in [4.78, 5) is 8.24. The summed E-state index contributed by atoms with van der Waals surface area (Å²) in [6, 6.07) is 4.71. The van der Waals surface area contributed by atoms with Crippen LogP contribution in [0.2, 0.25) is 0 Å². The first kappa shape index (κ1) is 10.8. The van der Waals surface area contributed by atoms with Gasteiger partial charge in [-0.3, -0.25) is 0 Å². The largest absolute Gasteiger partial charge is 0.341 e. The number of aryl methyl sites for hydroxylation is 2. The first-order valence-corrected chi connectivity index (χ1v) is 6.45. The molecule has 2 heterocycles. The molecule has 1 aliphatic heterocycles. The Balaban J connectivity index is 2.04. The molecule has 0 radical (unpaired) electrons. The lowest BCUT2D eigenvalue weighted by atomic mass is 10.0. The fourth-order valence-corrected chi connectivity index (χ4v) is 2.58. The number of benzene rings is 1. The molecule has 0 aliphatic carbocycles. The van der Waals surface area contributed by atoms with Gasteiger partial charge in [0.05, 0.1) is 17.1 Å². The summed E-state index contributed by atoms with van der Waals surface area (Å²) in [6.07, 6.45) is 3.78. The number of rotatable bonds is 1. The van der Waals surface area contributed by atoms with Crippen LogP contribution >= 0.6 is 0 Å². The van der Waals surface area contributed by atoms with Crippen molar-refractivity contribution in [1.82, 2.24) is 15.3 Å². The van der Waals surface area contributed by atoms with Gasteiger partial charge in [-0.2, -0.15) is 0 Å². The molecule has 3 rings (SSSR count). The predicted molar refractivity (Wildman–Crippen MR) is 70.2 cm³/mol. The quantitative estimate of drug-likeness (QED) is 0.789. The number of H-pyrrole nitrogens is 1. The van der Waals surface area contributed by atoms with Crippen molar-refractivity contribution in [3.63, 3.8) is 0 Å². The number of nitrogens with one attached hydrogen (secondary N) is 2. The number of imidazole rings is 1. The third-order valence-corrected chi connectivity index (χ3v) is 3.84. The molecule has 3 heteroatoms. The standard InChI is InChI=1S/C14H19N3/c1-9-6-7-11-13(10(9)2)17-14(16-11)12-5-3-4-8-15-12/h6-7,12,15H,3-5,8H2,1-2H3,(H,16,17). The second kappa shape index (κ2) is 4.15. The van der Waals surface area contributed by atoms with Gasteiger partial charge in [-0.05, 0) is 50.4 Å². The molecule has 3 nitrogen and oxygen atoms in total. The maximum absolute atomic E-state index is 4.78. The Hall–Kier alpha value is -1.35. The highest BCUT2D eigenvalue weighted by atomic mass is 15.0. The van der Waals surface area contributed by atoms with Crippen LogP contribution in [-0.2, 0) is 0 Å². The summed E-state index contributed by atoms with van der Waals surface area (Å²) in [5.41, 5.74) is 4.90. The SMILES string of the molecule is Cc1ccc2[nH]c(C3CCCCN3)nc2c1C. The molecule has 0 spiro atoms. The van der Waals surface area contributed by atoms with E-state index in [4.69, 9.17) is 4.98 Å². The first-order chi connectivity index (χ1) is 8.25. The molecule has 0 saturated carbocycles. The number of fused-ring (bicyclic) bond motifs is 1. The number of hydrogen-bond acceptors (Lipinski definition) is 2. The van der Waals surface area contributed by atoms with E-state index in [2.05, 4.69) is 36.3 Å². The second-order valence-electron chi connectivity index (χ2n) is 5.03. The minimum absolute atomic E-state index is 0.413. The molecule has 1 aromatic heterocycles. The van der Waals surface area contributed by atoms with Crippen molar-refractivity contribution in [1.29, 1.82) is 0 Å². The summed E-state index contributed by atoms with van der Waals surface area (Å²) in [6.45, 7) is 5.40. The Morgan fingerprint density at radius 1 is 1.24 bits per heavy atom. The molecule has 90 valence electrons. The third kappa shape index (κ3) is 1.84. The Morgan fingerprint density at radius 3 is 2.88 bits per heavy atom. The molecule has 2 aromatic rings. The number of nitrogens with zero attached hydrogens (tertiary/aromatic N) is 1. The zero-order valence-corrected chi connectivity index (χ0v) is 10.5. The molecular formula is C14H19N3. The molecule has 1 atom stereocenters. The molecule has 1 saturated heterocycles. The zero-order chi connectivity index (χ0) is 11.8. The molecular weight excluding hydrogens is 210 g/mol. The van der Waals surface area contributed by atoms with Crippen molar-refractivity contribution in [3.05, 3.63) is 29.1 Å². The molecule has 1 aliphatic rings. The molecule has 0 bridgehead atoms. The number of aromatic nitrogens is 2. The van der Waals surface area contributed by atoms with Crippen molar-refractivity contribution in [3.8, 4) is 0 Å².